The van der Waals surface area contributed by atoms with Gasteiger partial charge < -0.3 is 14.8 Å². The van der Waals surface area contributed by atoms with Crippen LogP contribution in [0.5, 0.6) is 11.5 Å². The zero-order valence-corrected chi connectivity index (χ0v) is 13.8. The molecule has 2 aromatic carbocycles. The molecule has 0 bridgehead atoms. The van der Waals surface area contributed by atoms with Crippen LogP contribution in [0.15, 0.2) is 36.4 Å². The van der Waals surface area contributed by atoms with Gasteiger partial charge in [-0.3, -0.25) is 14.9 Å². The third-order valence-corrected chi connectivity index (χ3v) is 3.43. The van der Waals surface area contributed by atoms with Crippen molar-refractivity contribution in [3.05, 3.63) is 57.1 Å². The van der Waals surface area contributed by atoms with Gasteiger partial charge in [-0.25, -0.2) is 0 Å². The minimum absolute atomic E-state index is 0.115. The predicted octanol–water partition coefficient (Wildman–Crippen LogP) is 3.58. The maximum atomic E-state index is 12.0. The minimum atomic E-state index is -0.554. The molecule has 2 aromatic rings. The van der Waals surface area contributed by atoms with Crippen molar-refractivity contribution in [3.8, 4) is 11.5 Å². The van der Waals surface area contributed by atoms with E-state index in [-0.39, 0.29) is 18.0 Å². The second kappa shape index (κ2) is 7.65. The van der Waals surface area contributed by atoms with Crippen LogP contribution < -0.4 is 14.8 Å². The number of hydrogen-bond acceptors (Lipinski definition) is 5. The number of hydrogen-bond donors (Lipinski definition) is 1. The van der Waals surface area contributed by atoms with Gasteiger partial charge in [-0.2, -0.15) is 0 Å². The van der Waals surface area contributed by atoms with E-state index in [9.17, 15) is 14.9 Å². The highest BCUT2D eigenvalue weighted by Crippen LogP contribution is 2.31. The summed E-state index contributed by atoms with van der Waals surface area (Å²) in [6.07, 6.45) is 0. The quantitative estimate of drug-likeness (QED) is 0.635. The number of nitrogens with one attached hydrogen (secondary N) is 1. The zero-order valence-electron chi connectivity index (χ0n) is 13.0. The number of rotatable bonds is 6. The third kappa shape index (κ3) is 4.36. The average Bonchev–Trinajstić information content (AvgIpc) is 2.56. The first kappa shape index (κ1) is 17.6. The molecule has 0 saturated carbocycles. The van der Waals surface area contributed by atoms with Gasteiger partial charge >= 0.3 is 0 Å². The maximum absolute atomic E-state index is 12.0. The van der Waals surface area contributed by atoms with Crippen LogP contribution in [0.4, 0.5) is 11.4 Å². The van der Waals surface area contributed by atoms with E-state index in [1.165, 1.54) is 25.3 Å². The molecular weight excluding hydrogens is 336 g/mol. The Morgan fingerprint density at radius 2 is 2.00 bits per heavy atom. The Balaban J connectivity index is 2.07. The van der Waals surface area contributed by atoms with Crippen LogP contribution in [0.2, 0.25) is 5.02 Å². The predicted molar refractivity (Wildman–Crippen MR) is 90.0 cm³/mol. The van der Waals surface area contributed by atoms with E-state index in [0.717, 1.165) is 5.56 Å². The van der Waals surface area contributed by atoms with Crippen molar-refractivity contribution in [3.63, 3.8) is 0 Å². The van der Waals surface area contributed by atoms with E-state index in [2.05, 4.69) is 5.32 Å². The number of ether oxygens (including phenoxy) is 2. The molecule has 0 saturated heterocycles. The number of nitrogens with zero attached hydrogens (tertiary/aromatic N) is 1. The average molecular weight is 351 g/mol. The van der Waals surface area contributed by atoms with E-state index in [0.29, 0.717) is 16.5 Å². The first-order chi connectivity index (χ1) is 11.4. The molecule has 0 unspecified atom stereocenters. The third-order valence-electron chi connectivity index (χ3n) is 3.19. The Hall–Kier alpha value is -2.80. The lowest BCUT2D eigenvalue weighted by atomic mass is 10.2. The molecule has 0 aromatic heterocycles. The number of benzene rings is 2. The number of aryl methyl sites for hydroxylation is 1. The number of methoxy groups -OCH3 is 1. The normalized spacial score (nSPS) is 10.1. The topological polar surface area (TPSA) is 90.7 Å². The van der Waals surface area contributed by atoms with E-state index in [4.69, 9.17) is 21.1 Å². The first-order valence-electron chi connectivity index (χ1n) is 6.92. The molecule has 8 heteroatoms. The molecule has 0 aliphatic carbocycles. The molecule has 1 amide bonds. The number of anilines is 1. The van der Waals surface area contributed by atoms with Gasteiger partial charge in [0.25, 0.3) is 11.6 Å². The van der Waals surface area contributed by atoms with E-state index in [1.807, 2.05) is 6.92 Å². The highest BCUT2D eigenvalue weighted by molar-refractivity contribution is 6.31. The zero-order chi connectivity index (χ0) is 17.7. The summed E-state index contributed by atoms with van der Waals surface area (Å²) >= 11 is 5.90. The van der Waals surface area contributed by atoms with Crippen LogP contribution in [0.3, 0.4) is 0 Å². The number of nitro benzene ring substituents is 1. The fraction of sp³-hybridized carbons (Fsp3) is 0.188. The molecule has 2 rings (SSSR count). The standard InChI is InChI=1S/C16H15ClN2O5/c1-10-3-4-11(17)7-13(10)18-16(20)9-24-15-8-12(19(21)22)5-6-14(15)23-2/h3-8H,9H2,1-2H3,(H,18,20). The summed E-state index contributed by atoms with van der Waals surface area (Å²) in [5.74, 6) is -0.00840. The number of carbonyl (C=O) groups excluding carboxylic acids is 1. The SMILES string of the molecule is COc1ccc([N+](=O)[O-])cc1OCC(=O)Nc1cc(Cl)ccc1C. The van der Waals surface area contributed by atoms with Gasteiger partial charge in [0.2, 0.25) is 0 Å². The highest BCUT2D eigenvalue weighted by Gasteiger charge is 2.14. The van der Waals surface area contributed by atoms with Crippen LogP contribution in [-0.2, 0) is 4.79 Å². The van der Waals surface area contributed by atoms with Gasteiger partial charge in [0.05, 0.1) is 18.1 Å². The van der Waals surface area contributed by atoms with Gasteiger partial charge in [0.1, 0.15) is 0 Å². The largest absolute Gasteiger partial charge is 0.493 e. The number of non-ortho nitro benzene ring substituents is 1. The Labute approximate surface area is 143 Å². The van der Waals surface area contributed by atoms with Crippen LogP contribution in [0.25, 0.3) is 0 Å². The van der Waals surface area contributed by atoms with Crippen molar-refractivity contribution in [2.45, 2.75) is 6.92 Å². The molecule has 1 N–H and O–H groups in total. The number of amides is 1. The summed E-state index contributed by atoms with van der Waals surface area (Å²) in [6, 6.07) is 9.03. The molecule has 0 heterocycles. The van der Waals surface area contributed by atoms with Gasteiger partial charge in [-0.05, 0) is 30.7 Å². The van der Waals surface area contributed by atoms with Crippen molar-refractivity contribution >= 4 is 28.9 Å². The first-order valence-corrected chi connectivity index (χ1v) is 7.29. The number of carbonyl (C=O) groups is 1. The Morgan fingerprint density at radius 3 is 2.67 bits per heavy atom. The molecule has 0 atom stereocenters. The fourth-order valence-corrected chi connectivity index (χ4v) is 2.12. The lowest BCUT2D eigenvalue weighted by Crippen LogP contribution is -2.20. The Bertz CT molecular complexity index is 779. The summed E-state index contributed by atoms with van der Waals surface area (Å²) in [4.78, 5) is 22.3. The summed E-state index contributed by atoms with van der Waals surface area (Å²) in [6.45, 7) is 1.50. The van der Waals surface area contributed by atoms with E-state index >= 15 is 0 Å². The second-order valence-electron chi connectivity index (χ2n) is 4.89. The molecule has 0 radical (unpaired) electrons. The van der Waals surface area contributed by atoms with Gasteiger partial charge in [0, 0.05) is 16.8 Å². The molecule has 0 aliphatic rings. The van der Waals surface area contributed by atoms with Crippen molar-refractivity contribution < 1.29 is 19.2 Å². The van der Waals surface area contributed by atoms with Gasteiger partial charge in [0.15, 0.2) is 18.1 Å². The van der Waals surface area contributed by atoms with Crippen LogP contribution in [0.1, 0.15) is 5.56 Å². The highest BCUT2D eigenvalue weighted by atomic mass is 35.5. The fourth-order valence-electron chi connectivity index (χ4n) is 1.95. The molecular formula is C16H15ClN2O5. The minimum Gasteiger partial charge on any atom is -0.493 e. The van der Waals surface area contributed by atoms with Crippen LogP contribution in [-0.4, -0.2) is 24.5 Å². The number of nitro groups is 1. The molecule has 0 fully saturated rings. The monoisotopic (exact) mass is 350 g/mol. The summed E-state index contributed by atoms with van der Waals surface area (Å²) in [5.41, 5.74) is 1.26. The lowest BCUT2D eigenvalue weighted by molar-refractivity contribution is -0.385. The van der Waals surface area contributed by atoms with Crippen LogP contribution in [0, 0.1) is 17.0 Å². The molecule has 7 nitrogen and oxygen atoms in total. The summed E-state index contributed by atoms with van der Waals surface area (Å²) < 4.78 is 10.4. The van der Waals surface area contributed by atoms with Crippen molar-refractivity contribution in [2.75, 3.05) is 19.0 Å². The summed E-state index contributed by atoms with van der Waals surface area (Å²) in [5, 5.41) is 14.0. The lowest BCUT2D eigenvalue weighted by Gasteiger charge is -2.12. The maximum Gasteiger partial charge on any atom is 0.273 e. The van der Waals surface area contributed by atoms with E-state index < -0.39 is 10.8 Å². The van der Waals surface area contributed by atoms with Gasteiger partial charge in [-0.1, -0.05) is 17.7 Å². The van der Waals surface area contributed by atoms with Crippen molar-refractivity contribution in [1.29, 1.82) is 0 Å². The molecule has 0 spiro atoms. The smallest absolute Gasteiger partial charge is 0.273 e. The van der Waals surface area contributed by atoms with Crippen molar-refractivity contribution in [2.24, 2.45) is 0 Å². The van der Waals surface area contributed by atoms with Gasteiger partial charge in [-0.15, -0.1) is 0 Å². The Kier molecular flexibility index (Phi) is 5.59. The van der Waals surface area contributed by atoms with E-state index in [1.54, 1.807) is 18.2 Å². The molecule has 24 heavy (non-hydrogen) atoms. The molecule has 0 aliphatic heterocycles. The second-order valence-corrected chi connectivity index (χ2v) is 5.32. The number of halogens is 1. The Morgan fingerprint density at radius 1 is 1.25 bits per heavy atom. The van der Waals surface area contributed by atoms with Crippen molar-refractivity contribution in [1.82, 2.24) is 0 Å². The van der Waals surface area contributed by atoms with Crippen LogP contribution >= 0.6 is 11.6 Å². The molecule has 126 valence electrons. The summed E-state index contributed by atoms with van der Waals surface area (Å²) in [7, 11) is 1.41.